The Hall–Kier alpha value is -0.730. The first kappa shape index (κ1) is 9.36. The van der Waals surface area contributed by atoms with Crippen molar-refractivity contribution in [3.8, 4) is 0 Å². The molecule has 70 valence electrons. The van der Waals surface area contributed by atoms with Gasteiger partial charge in [-0.25, -0.2) is 4.79 Å². The summed E-state index contributed by atoms with van der Waals surface area (Å²) in [6.45, 7) is 5.16. The molecule has 0 radical (unpaired) electrons. The topological polar surface area (TPSA) is 38.3 Å². The van der Waals surface area contributed by atoms with Crippen molar-refractivity contribution in [2.24, 2.45) is 11.3 Å². The van der Waals surface area contributed by atoms with Crippen molar-refractivity contribution < 1.29 is 9.53 Å². The fraction of sp³-hybridized carbons (Fsp3) is 0.889. The summed E-state index contributed by atoms with van der Waals surface area (Å²) < 4.78 is 4.50. The van der Waals surface area contributed by atoms with Crippen LogP contribution < -0.4 is 5.32 Å². The number of amides is 1. The average Bonchev–Trinajstić information content (AvgIpc) is 2.81. The minimum atomic E-state index is -0.318. The molecule has 1 N–H and O–H groups in total. The smallest absolute Gasteiger partial charge is 0.406 e. The first-order valence-corrected chi connectivity index (χ1v) is 4.42. The van der Waals surface area contributed by atoms with E-state index in [2.05, 4.69) is 23.9 Å². The van der Waals surface area contributed by atoms with Gasteiger partial charge in [-0.3, -0.25) is 0 Å². The molecule has 0 aromatic carbocycles. The zero-order valence-electron chi connectivity index (χ0n) is 8.02. The Labute approximate surface area is 73.5 Å². The largest absolute Gasteiger partial charge is 0.453 e. The van der Waals surface area contributed by atoms with Crippen LogP contribution in [0.25, 0.3) is 0 Å². The highest BCUT2D eigenvalue weighted by Gasteiger charge is 2.45. The molecule has 1 saturated carbocycles. The SMILES string of the molecule is COC(=O)NCC1(C(C)C)CC1. The van der Waals surface area contributed by atoms with Crippen molar-refractivity contribution in [1.29, 1.82) is 0 Å². The third-order valence-electron chi connectivity index (χ3n) is 2.89. The molecular weight excluding hydrogens is 154 g/mol. The van der Waals surface area contributed by atoms with Gasteiger partial charge in [-0.15, -0.1) is 0 Å². The minimum Gasteiger partial charge on any atom is -0.453 e. The third kappa shape index (κ3) is 1.90. The molecule has 1 aliphatic rings. The minimum absolute atomic E-state index is 0.318. The molecule has 3 nitrogen and oxygen atoms in total. The number of hydrogen-bond donors (Lipinski definition) is 1. The lowest BCUT2D eigenvalue weighted by Gasteiger charge is -2.19. The quantitative estimate of drug-likeness (QED) is 0.703. The summed E-state index contributed by atoms with van der Waals surface area (Å²) in [5.74, 6) is 0.648. The van der Waals surface area contributed by atoms with Gasteiger partial charge in [-0.1, -0.05) is 13.8 Å². The molecule has 0 saturated heterocycles. The van der Waals surface area contributed by atoms with Gasteiger partial charge in [0.15, 0.2) is 0 Å². The van der Waals surface area contributed by atoms with Crippen LogP contribution in [-0.4, -0.2) is 19.7 Å². The molecule has 0 heterocycles. The molecule has 0 aliphatic heterocycles. The van der Waals surface area contributed by atoms with Crippen LogP contribution in [-0.2, 0) is 4.74 Å². The van der Waals surface area contributed by atoms with Crippen LogP contribution in [0.2, 0.25) is 0 Å². The number of carbonyl (C=O) groups is 1. The fourth-order valence-electron chi connectivity index (χ4n) is 1.44. The summed E-state index contributed by atoms with van der Waals surface area (Å²) in [4.78, 5) is 10.8. The summed E-state index contributed by atoms with van der Waals surface area (Å²) >= 11 is 0. The molecule has 1 rings (SSSR count). The zero-order chi connectivity index (χ0) is 9.19. The maximum atomic E-state index is 10.8. The van der Waals surface area contributed by atoms with Crippen LogP contribution >= 0.6 is 0 Å². The summed E-state index contributed by atoms with van der Waals surface area (Å²) in [7, 11) is 1.39. The van der Waals surface area contributed by atoms with E-state index in [1.54, 1.807) is 0 Å². The van der Waals surface area contributed by atoms with E-state index in [1.807, 2.05) is 0 Å². The molecule has 1 amide bonds. The van der Waals surface area contributed by atoms with Crippen LogP contribution in [0.5, 0.6) is 0 Å². The van der Waals surface area contributed by atoms with Crippen LogP contribution in [0.3, 0.4) is 0 Å². The molecule has 0 atom stereocenters. The Morgan fingerprint density at radius 1 is 1.58 bits per heavy atom. The Kier molecular flexibility index (Phi) is 2.60. The van der Waals surface area contributed by atoms with E-state index in [-0.39, 0.29) is 6.09 Å². The lowest BCUT2D eigenvalue weighted by molar-refractivity contribution is 0.166. The predicted molar refractivity (Wildman–Crippen MR) is 46.9 cm³/mol. The van der Waals surface area contributed by atoms with Crippen molar-refractivity contribution in [2.75, 3.05) is 13.7 Å². The Balaban J connectivity index is 2.27. The van der Waals surface area contributed by atoms with Gasteiger partial charge < -0.3 is 10.1 Å². The lowest BCUT2D eigenvalue weighted by atomic mass is 9.92. The van der Waals surface area contributed by atoms with Crippen molar-refractivity contribution in [3.63, 3.8) is 0 Å². The van der Waals surface area contributed by atoms with E-state index in [1.165, 1.54) is 20.0 Å². The monoisotopic (exact) mass is 171 g/mol. The van der Waals surface area contributed by atoms with Crippen LogP contribution in [0.15, 0.2) is 0 Å². The molecule has 0 bridgehead atoms. The van der Waals surface area contributed by atoms with Gasteiger partial charge in [-0.05, 0) is 24.2 Å². The highest BCUT2D eigenvalue weighted by atomic mass is 16.5. The van der Waals surface area contributed by atoms with E-state index in [0.717, 1.165) is 6.54 Å². The number of ether oxygens (including phenoxy) is 1. The van der Waals surface area contributed by atoms with Crippen molar-refractivity contribution in [2.45, 2.75) is 26.7 Å². The standard InChI is InChI=1S/C9H17NO2/c1-7(2)9(4-5-9)6-10-8(11)12-3/h7H,4-6H2,1-3H3,(H,10,11). The van der Waals surface area contributed by atoms with Gasteiger partial charge in [0.2, 0.25) is 0 Å². The van der Waals surface area contributed by atoms with Crippen LogP contribution in [0.4, 0.5) is 4.79 Å². The fourth-order valence-corrected chi connectivity index (χ4v) is 1.44. The molecule has 0 spiro atoms. The maximum absolute atomic E-state index is 10.8. The zero-order valence-corrected chi connectivity index (χ0v) is 8.02. The summed E-state index contributed by atoms with van der Waals surface area (Å²) in [5, 5.41) is 2.76. The lowest BCUT2D eigenvalue weighted by Crippen LogP contribution is -2.32. The van der Waals surface area contributed by atoms with Crippen molar-refractivity contribution in [3.05, 3.63) is 0 Å². The van der Waals surface area contributed by atoms with Crippen LogP contribution in [0, 0.1) is 11.3 Å². The summed E-state index contributed by atoms with van der Waals surface area (Å²) in [5.41, 5.74) is 0.369. The second-order valence-corrected chi connectivity index (χ2v) is 3.86. The van der Waals surface area contributed by atoms with Crippen molar-refractivity contribution >= 4 is 6.09 Å². The van der Waals surface area contributed by atoms with E-state index >= 15 is 0 Å². The maximum Gasteiger partial charge on any atom is 0.406 e. The Bertz CT molecular complexity index is 173. The van der Waals surface area contributed by atoms with Gasteiger partial charge in [0.25, 0.3) is 0 Å². The Morgan fingerprint density at radius 2 is 2.17 bits per heavy atom. The van der Waals surface area contributed by atoms with Gasteiger partial charge in [0.05, 0.1) is 7.11 Å². The molecule has 1 aliphatic carbocycles. The van der Waals surface area contributed by atoms with Crippen LogP contribution in [0.1, 0.15) is 26.7 Å². The molecule has 3 heteroatoms. The molecule has 0 unspecified atom stereocenters. The van der Waals surface area contributed by atoms with E-state index in [9.17, 15) is 4.79 Å². The van der Waals surface area contributed by atoms with Gasteiger partial charge in [-0.2, -0.15) is 0 Å². The highest BCUT2D eigenvalue weighted by Crippen LogP contribution is 2.51. The second-order valence-electron chi connectivity index (χ2n) is 3.86. The van der Waals surface area contributed by atoms with Gasteiger partial charge in [0.1, 0.15) is 0 Å². The molecular formula is C9H17NO2. The number of rotatable bonds is 3. The third-order valence-corrected chi connectivity index (χ3v) is 2.89. The predicted octanol–water partition coefficient (Wildman–Crippen LogP) is 1.78. The average molecular weight is 171 g/mol. The van der Waals surface area contributed by atoms with E-state index in [4.69, 9.17) is 0 Å². The van der Waals surface area contributed by atoms with Crippen molar-refractivity contribution in [1.82, 2.24) is 5.32 Å². The first-order chi connectivity index (χ1) is 5.60. The number of alkyl carbamates (subject to hydrolysis) is 1. The number of nitrogens with one attached hydrogen (secondary N) is 1. The summed E-state index contributed by atoms with van der Waals surface area (Å²) in [6.07, 6.45) is 2.14. The second kappa shape index (κ2) is 3.33. The number of carbonyl (C=O) groups excluding carboxylic acids is 1. The molecule has 0 aromatic heterocycles. The molecule has 0 aromatic rings. The normalized spacial score (nSPS) is 19.0. The molecule has 12 heavy (non-hydrogen) atoms. The Morgan fingerprint density at radius 3 is 2.50 bits per heavy atom. The number of methoxy groups -OCH3 is 1. The first-order valence-electron chi connectivity index (χ1n) is 4.42. The van der Waals surface area contributed by atoms with E-state index < -0.39 is 0 Å². The number of hydrogen-bond acceptors (Lipinski definition) is 2. The van der Waals surface area contributed by atoms with Gasteiger partial charge >= 0.3 is 6.09 Å². The van der Waals surface area contributed by atoms with Gasteiger partial charge in [0, 0.05) is 6.54 Å². The molecule has 1 fully saturated rings. The summed E-state index contributed by atoms with van der Waals surface area (Å²) in [6, 6.07) is 0. The highest BCUT2D eigenvalue weighted by molar-refractivity contribution is 5.66. The van der Waals surface area contributed by atoms with E-state index in [0.29, 0.717) is 11.3 Å².